The largest absolute Gasteiger partial charge is 0.351 e. The third-order valence-corrected chi connectivity index (χ3v) is 3.11. The Hall–Kier alpha value is -3.20. The molecule has 1 aromatic heterocycles. The van der Waals surface area contributed by atoms with E-state index < -0.39 is 23.8 Å². The van der Waals surface area contributed by atoms with E-state index in [9.17, 15) is 14.0 Å². The van der Waals surface area contributed by atoms with Gasteiger partial charge in [0.05, 0.1) is 16.9 Å². The normalized spacial score (nSPS) is 11.9. The highest BCUT2D eigenvalue weighted by molar-refractivity contribution is 6.30. The molecule has 1 atom stereocenters. The molecule has 1 unspecified atom stereocenters. The monoisotopic (exact) mass is 362 g/mol. The van der Waals surface area contributed by atoms with Gasteiger partial charge in [0.15, 0.2) is 6.04 Å². The first-order valence-electron chi connectivity index (χ1n) is 6.83. The quantitative estimate of drug-likeness (QED) is 0.557. The van der Waals surface area contributed by atoms with Crippen molar-refractivity contribution in [1.82, 2.24) is 10.3 Å². The fourth-order valence-electron chi connectivity index (χ4n) is 1.80. The summed E-state index contributed by atoms with van der Waals surface area (Å²) in [5.74, 6) is -1.44. The average molecular weight is 363 g/mol. The molecule has 10 heteroatoms. The number of nitrogens with two attached hydrogens (primary N) is 1. The van der Waals surface area contributed by atoms with Crippen molar-refractivity contribution in [2.24, 2.45) is 16.0 Å². The maximum Gasteiger partial charge on any atom is 0.318 e. The van der Waals surface area contributed by atoms with Crippen molar-refractivity contribution in [3.63, 3.8) is 0 Å². The molecule has 0 aliphatic heterocycles. The molecule has 128 valence electrons. The molecular weight excluding hydrogens is 351 g/mol. The molecule has 0 bridgehead atoms. The Morgan fingerprint density at radius 1 is 1.28 bits per heavy atom. The lowest BCUT2D eigenvalue weighted by Crippen LogP contribution is -2.44. The van der Waals surface area contributed by atoms with Crippen LogP contribution < -0.4 is 11.1 Å². The van der Waals surface area contributed by atoms with Crippen LogP contribution in [-0.2, 0) is 4.79 Å². The molecule has 0 fully saturated rings. The van der Waals surface area contributed by atoms with Crippen molar-refractivity contribution < 1.29 is 14.0 Å². The zero-order chi connectivity index (χ0) is 18.4. The maximum absolute atomic E-state index is 13.0. The van der Waals surface area contributed by atoms with Crippen LogP contribution in [0, 0.1) is 11.2 Å². The van der Waals surface area contributed by atoms with E-state index in [4.69, 9.17) is 22.7 Å². The first kappa shape index (κ1) is 18.1. The smallest absolute Gasteiger partial charge is 0.318 e. The number of urea groups is 1. The number of carbonyl (C=O) groups is 2. The van der Waals surface area contributed by atoms with Gasteiger partial charge < -0.3 is 11.1 Å². The lowest BCUT2D eigenvalue weighted by molar-refractivity contribution is -0.119. The highest BCUT2D eigenvalue weighted by Gasteiger charge is 2.25. The number of aromatic nitrogens is 1. The second kappa shape index (κ2) is 8.06. The van der Waals surface area contributed by atoms with Crippen LogP contribution in [-0.4, -0.2) is 28.7 Å². The standard InChI is InChI=1S/C15H12ClFN6O2/c16-9-5-11(7-20-6-9)22-23-13(14(24)21-15(19)25)12(18)8-1-3-10(17)4-2-8/h1-7,13,18H,(H3,19,21,24,25). The van der Waals surface area contributed by atoms with E-state index in [1.54, 1.807) is 0 Å². The Morgan fingerprint density at radius 2 is 1.96 bits per heavy atom. The molecule has 0 spiro atoms. The summed E-state index contributed by atoms with van der Waals surface area (Å²) in [6, 6.07) is 3.74. The summed E-state index contributed by atoms with van der Waals surface area (Å²) in [6.07, 6.45) is 2.73. The molecule has 1 heterocycles. The third-order valence-electron chi connectivity index (χ3n) is 2.90. The summed E-state index contributed by atoms with van der Waals surface area (Å²) in [4.78, 5) is 26.8. The Bertz CT molecular complexity index is 840. The van der Waals surface area contributed by atoms with Crippen molar-refractivity contribution in [3.05, 3.63) is 59.1 Å². The lowest BCUT2D eigenvalue weighted by atomic mass is 10.0. The van der Waals surface area contributed by atoms with Gasteiger partial charge in [-0.1, -0.05) is 23.7 Å². The number of benzene rings is 1. The minimum Gasteiger partial charge on any atom is -0.351 e. The molecule has 0 saturated carbocycles. The molecule has 2 aromatic rings. The Kier molecular flexibility index (Phi) is 5.85. The molecule has 8 nitrogen and oxygen atoms in total. The summed E-state index contributed by atoms with van der Waals surface area (Å²) in [5.41, 5.74) is 5.11. The number of nitrogens with zero attached hydrogens (tertiary/aromatic N) is 3. The van der Waals surface area contributed by atoms with E-state index in [1.165, 1.54) is 30.6 Å². The van der Waals surface area contributed by atoms with Crippen molar-refractivity contribution >= 4 is 34.9 Å². The second-order valence-electron chi connectivity index (χ2n) is 4.75. The van der Waals surface area contributed by atoms with Gasteiger partial charge in [-0.2, -0.15) is 10.2 Å². The van der Waals surface area contributed by atoms with Gasteiger partial charge in [-0.25, -0.2) is 9.18 Å². The number of pyridine rings is 1. The number of carbonyl (C=O) groups excluding carboxylic acids is 2. The van der Waals surface area contributed by atoms with Gasteiger partial charge in [-0.3, -0.25) is 15.1 Å². The number of hydrogen-bond donors (Lipinski definition) is 3. The first-order valence-corrected chi connectivity index (χ1v) is 7.20. The zero-order valence-electron chi connectivity index (χ0n) is 12.6. The molecule has 25 heavy (non-hydrogen) atoms. The van der Waals surface area contributed by atoms with Crippen LogP contribution in [0.2, 0.25) is 5.02 Å². The van der Waals surface area contributed by atoms with Crippen LogP contribution >= 0.6 is 11.6 Å². The number of halogens is 2. The lowest BCUT2D eigenvalue weighted by Gasteiger charge is -2.12. The van der Waals surface area contributed by atoms with Crippen molar-refractivity contribution in [1.29, 1.82) is 5.41 Å². The highest BCUT2D eigenvalue weighted by Crippen LogP contribution is 2.18. The van der Waals surface area contributed by atoms with Gasteiger partial charge >= 0.3 is 6.03 Å². The number of nitrogens with one attached hydrogen (secondary N) is 2. The van der Waals surface area contributed by atoms with E-state index in [0.29, 0.717) is 5.02 Å². The predicted molar refractivity (Wildman–Crippen MR) is 88.5 cm³/mol. The second-order valence-corrected chi connectivity index (χ2v) is 5.19. The van der Waals surface area contributed by atoms with Gasteiger partial charge in [0.1, 0.15) is 11.5 Å². The van der Waals surface area contributed by atoms with Gasteiger partial charge in [0, 0.05) is 6.20 Å². The molecule has 0 saturated heterocycles. The number of azo groups is 1. The molecule has 0 aliphatic carbocycles. The fraction of sp³-hybridized carbons (Fsp3) is 0.0667. The van der Waals surface area contributed by atoms with Gasteiger partial charge in [-0.15, -0.1) is 0 Å². The van der Waals surface area contributed by atoms with Crippen LogP contribution in [0.1, 0.15) is 5.56 Å². The zero-order valence-corrected chi connectivity index (χ0v) is 13.4. The van der Waals surface area contributed by atoms with Gasteiger partial charge in [0.25, 0.3) is 5.91 Å². The predicted octanol–water partition coefficient (Wildman–Crippen LogP) is 2.59. The molecule has 0 aliphatic rings. The number of amides is 3. The summed E-state index contributed by atoms with van der Waals surface area (Å²) in [7, 11) is 0. The molecule has 2 rings (SSSR count). The summed E-state index contributed by atoms with van der Waals surface area (Å²) >= 11 is 5.78. The van der Waals surface area contributed by atoms with E-state index in [-0.39, 0.29) is 17.0 Å². The topological polar surface area (TPSA) is 134 Å². The van der Waals surface area contributed by atoms with Crippen molar-refractivity contribution in [3.8, 4) is 0 Å². The Morgan fingerprint density at radius 3 is 2.56 bits per heavy atom. The van der Waals surface area contributed by atoms with Crippen molar-refractivity contribution in [2.75, 3.05) is 0 Å². The fourth-order valence-corrected chi connectivity index (χ4v) is 1.97. The number of primary amides is 1. The minimum atomic E-state index is -1.48. The Balaban J connectivity index is 2.32. The van der Waals surface area contributed by atoms with E-state index in [2.05, 4.69) is 15.2 Å². The third kappa shape index (κ3) is 5.15. The maximum atomic E-state index is 13.0. The van der Waals surface area contributed by atoms with Gasteiger partial charge in [0.2, 0.25) is 0 Å². The highest BCUT2D eigenvalue weighted by atomic mass is 35.5. The summed E-state index contributed by atoms with van der Waals surface area (Å²) in [6.45, 7) is 0. The van der Waals surface area contributed by atoms with Crippen LogP contribution in [0.5, 0.6) is 0 Å². The number of hydrogen-bond acceptors (Lipinski definition) is 6. The summed E-state index contributed by atoms with van der Waals surface area (Å²) < 4.78 is 13.0. The van der Waals surface area contributed by atoms with E-state index in [1.807, 2.05) is 5.32 Å². The minimum absolute atomic E-state index is 0.231. The Labute approximate surface area is 146 Å². The number of imide groups is 1. The van der Waals surface area contributed by atoms with Crippen LogP contribution in [0.15, 0.2) is 53.0 Å². The van der Waals surface area contributed by atoms with Crippen molar-refractivity contribution in [2.45, 2.75) is 6.04 Å². The van der Waals surface area contributed by atoms with Crippen LogP contribution in [0.4, 0.5) is 14.9 Å². The summed E-state index contributed by atoms with van der Waals surface area (Å²) in [5, 5.41) is 17.8. The SMILES string of the molecule is N=C(c1ccc(F)cc1)C(N=Nc1cncc(Cl)c1)C(=O)NC(N)=O. The molecule has 4 N–H and O–H groups in total. The molecule has 0 radical (unpaired) electrons. The molecule has 1 aromatic carbocycles. The average Bonchev–Trinajstić information content (AvgIpc) is 2.55. The molecule has 3 amide bonds. The molecular formula is C15H12ClFN6O2. The van der Waals surface area contributed by atoms with Crippen LogP contribution in [0.25, 0.3) is 0 Å². The first-order chi connectivity index (χ1) is 11.9. The number of rotatable bonds is 5. The van der Waals surface area contributed by atoms with Crippen LogP contribution in [0.3, 0.4) is 0 Å². The van der Waals surface area contributed by atoms with E-state index in [0.717, 1.165) is 12.1 Å². The van der Waals surface area contributed by atoms with Gasteiger partial charge in [-0.05, 0) is 23.8 Å². The van der Waals surface area contributed by atoms with E-state index >= 15 is 0 Å².